The standard InChI is InChI=1S/C15H30N2O/c1-15(2,12-16)11-14(18)17(3)10-9-13-7-5-4-6-8-13/h13H,4-12,16H2,1-3H3. The summed E-state index contributed by atoms with van der Waals surface area (Å²) in [6.07, 6.45) is 8.60. The van der Waals surface area contributed by atoms with Gasteiger partial charge in [0.15, 0.2) is 0 Å². The summed E-state index contributed by atoms with van der Waals surface area (Å²) in [5, 5.41) is 0. The molecular formula is C15H30N2O. The maximum Gasteiger partial charge on any atom is 0.222 e. The van der Waals surface area contributed by atoms with E-state index >= 15 is 0 Å². The van der Waals surface area contributed by atoms with Crippen LogP contribution >= 0.6 is 0 Å². The van der Waals surface area contributed by atoms with Gasteiger partial charge in [0.1, 0.15) is 0 Å². The van der Waals surface area contributed by atoms with E-state index in [0.29, 0.717) is 13.0 Å². The van der Waals surface area contributed by atoms with Gasteiger partial charge >= 0.3 is 0 Å². The van der Waals surface area contributed by atoms with Crippen molar-refractivity contribution in [3.8, 4) is 0 Å². The molecule has 1 amide bonds. The predicted octanol–water partition coefficient (Wildman–Crippen LogP) is 2.79. The van der Waals surface area contributed by atoms with Gasteiger partial charge in [-0.25, -0.2) is 0 Å². The van der Waals surface area contributed by atoms with E-state index < -0.39 is 0 Å². The van der Waals surface area contributed by atoms with Gasteiger partial charge in [-0.15, -0.1) is 0 Å². The molecule has 1 fully saturated rings. The third-order valence-corrected chi connectivity index (χ3v) is 4.21. The van der Waals surface area contributed by atoms with Crippen LogP contribution in [0.15, 0.2) is 0 Å². The van der Waals surface area contributed by atoms with Crippen LogP contribution in [0.25, 0.3) is 0 Å². The van der Waals surface area contributed by atoms with Crippen LogP contribution in [0.3, 0.4) is 0 Å². The number of nitrogens with two attached hydrogens (primary N) is 1. The van der Waals surface area contributed by atoms with Crippen LogP contribution in [0.2, 0.25) is 0 Å². The first-order chi connectivity index (χ1) is 8.44. The Balaban J connectivity index is 2.26. The predicted molar refractivity (Wildman–Crippen MR) is 76.3 cm³/mol. The van der Waals surface area contributed by atoms with Gasteiger partial charge in [0, 0.05) is 20.0 Å². The number of amides is 1. The molecule has 0 aromatic rings. The smallest absolute Gasteiger partial charge is 0.222 e. The van der Waals surface area contributed by atoms with Crippen LogP contribution in [0.4, 0.5) is 0 Å². The molecule has 0 aromatic carbocycles. The van der Waals surface area contributed by atoms with Crippen molar-refractivity contribution in [2.45, 2.75) is 58.8 Å². The second-order valence-corrected chi connectivity index (χ2v) is 6.65. The average molecular weight is 254 g/mol. The highest BCUT2D eigenvalue weighted by Gasteiger charge is 2.23. The molecule has 3 heteroatoms. The maximum absolute atomic E-state index is 12.1. The lowest BCUT2D eigenvalue weighted by molar-refractivity contribution is -0.132. The molecule has 0 saturated heterocycles. The molecule has 1 aliphatic carbocycles. The molecule has 106 valence electrons. The molecule has 18 heavy (non-hydrogen) atoms. The molecule has 0 atom stereocenters. The number of carbonyl (C=O) groups excluding carboxylic acids is 1. The van der Waals surface area contributed by atoms with Gasteiger partial charge in [0.25, 0.3) is 0 Å². The second kappa shape index (κ2) is 7.13. The summed E-state index contributed by atoms with van der Waals surface area (Å²) in [4.78, 5) is 14.0. The first kappa shape index (κ1) is 15.5. The summed E-state index contributed by atoms with van der Waals surface area (Å²) < 4.78 is 0. The van der Waals surface area contributed by atoms with Gasteiger partial charge in [-0.3, -0.25) is 4.79 Å². The van der Waals surface area contributed by atoms with Gasteiger partial charge < -0.3 is 10.6 Å². The fraction of sp³-hybridized carbons (Fsp3) is 0.933. The van der Waals surface area contributed by atoms with E-state index in [-0.39, 0.29) is 11.3 Å². The van der Waals surface area contributed by atoms with Crippen molar-refractivity contribution < 1.29 is 4.79 Å². The highest BCUT2D eigenvalue weighted by atomic mass is 16.2. The molecule has 2 N–H and O–H groups in total. The quantitative estimate of drug-likeness (QED) is 0.792. The monoisotopic (exact) mass is 254 g/mol. The number of rotatable bonds is 6. The molecule has 0 aliphatic heterocycles. The minimum Gasteiger partial charge on any atom is -0.346 e. The first-order valence-electron chi connectivity index (χ1n) is 7.38. The minimum absolute atomic E-state index is 0.0732. The Bertz CT molecular complexity index is 257. The Morgan fingerprint density at radius 2 is 1.89 bits per heavy atom. The molecule has 0 radical (unpaired) electrons. The summed E-state index contributed by atoms with van der Waals surface area (Å²) in [6, 6.07) is 0. The molecule has 3 nitrogen and oxygen atoms in total. The first-order valence-corrected chi connectivity index (χ1v) is 7.38. The van der Waals surface area contributed by atoms with Crippen molar-refractivity contribution in [2.24, 2.45) is 17.1 Å². The lowest BCUT2D eigenvalue weighted by atomic mass is 9.86. The molecule has 1 rings (SSSR count). The Hall–Kier alpha value is -0.570. The second-order valence-electron chi connectivity index (χ2n) is 6.65. The molecule has 0 bridgehead atoms. The molecule has 0 heterocycles. The van der Waals surface area contributed by atoms with Gasteiger partial charge in [0.05, 0.1) is 0 Å². The Morgan fingerprint density at radius 1 is 1.28 bits per heavy atom. The van der Waals surface area contributed by atoms with E-state index in [0.717, 1.165) is 12.5 Å². The highest BCUT2D eigenvalue weighted by Crippen LogP contribution is 2.26. The van der Waals surface area contributed by atoms with Gasteiger partial charge in [-0.2, -0.15) is 0 Å². The number of hydrogen-bond acceptors (Lipinski definition) is 2. The highest BCUT2D eigenvalue weighted by molar-refractivity contribution is 5.76. The van der Waals surface area contributed by atoms with Crippen LogP contribution in [0, 0.1) is 11.3 Å². The zero-order valence-corrected chi connectivity index (χ0v) is 12.4. The van der Waals surface area contributed by atoms with Crippen LogP contribution in [-0.2, 0) is 4.79 Å². The van der Waals surface area contributed by atoms with Crippen molar-refractivity contribution in [1.29, 1.82) is 0 Å². The normalized spacial score (nSPS) is 17.8. The van der Waals surface area contributed by atoms with Crippen molar-refractivity contribution in [1.82, 2.24) is 4.90 Å². The van der Waals surface area contributed by atoms with Gasteiger partial charge in [-0.1, -0.05) is 46.0 Å². The molecule has 1 aliphatic rings. The van der Waals surface area contributed by atoms with E-state index in [1.807, 2.05) is 11.9 Å². The third-order valence-electron chi connectivity index (χ3n) is 4.21. The Labute approximate surface area is 112 Å². The summed E-state index contributed by atoms with van der Waals surface area (Å²) in [5.74, 6) is 1.08. The number of nitrogens with zero attached hydrogens (tertiary/aromatic N) is 1. The average Bonchev–Trinajstić information content (AvgIpc) is 2.36. The maximum atomic E-state index is 12.1. The van der Waals surface area contributed by atoms with Gasteiger partial charge in [-0.05, 0) is 24.3 Å². The molecule has 1 saturated carbocycles. The zero-order chi connectivity index (χ0) is 13.6. The summed E-state index contributed by atoms with van der Waals surface area (Å²) >= 11 is 0. The van der Waals surface area contributed by atoms with E-state index in [1.165, 1.54) is 38.5 Å². The summed E-state index contributed by atoms with van der Waals surface area (Å²) in [6.45, 7) is 5.58. The van der Waals surface area contributed by atoms with Crippen molar-refractivity contribution in [2.75, 3.05) is 20.1 Å². The molecule has 0 unspecified atom stereocenters. The fourth-order valence-corrected chi connectivity index (χ4v) is 2.59. The topological polar surface area (TPSA) is 46.3 Å². The number of hydrogen-bond donors (Lipinski definition) is 1. The van der Waals surface area contributed by atoms with Crippen LogP contribution < -0.4 is 5.73 Å². The van der Waals surface area contributed by atoms with Crippen LogP contribution in [0.5, 0.6) is 0 Å². The van der Waals surface area contributed by atoms with E-state index in [2.05, 4.69) is 13.8 Å². The molecule has 0 aromatic heterocycles. The van der Waals surface area contributed by atoms with E-state index in [9.17, 15) is 4.79 Å². The van der Waals surface area contributed by atoms with E-state index in [4.69, 9.17) is 5.73 Å². The SMILES string of the molecule is CN(CCC1CCCCC1)C(=O)CC(C)(C)CN. The van der Waals surface area contributed by atoms with Crippen molar-refractivity contribution in [3.05, 3.63) is 0 Å². The molecular weight excluding hydrogens is 224 g/mol. The lowest BCUT2D eigenvalue weighted by Crippen LogP contribution is -2.35. The third kappa shape index (κ3) is 5.38. The van der Waals surface area contributed by atoms with E-state index in [1.54, 1.807) is 0 Å². The minimum atomic E-state index is -0.0732. The summed E-state index contributed by atoms with van der Waals surface area (Å²) in [7, 11) is 1.93. The Morgan fingerprint density at radius 3 is 2.44 bits per heavy atom. The lowest BCUT2D eigenvalue weighted by Gasteiger charge is -2.27. The Kier molecular flexibility index (Phi) is 6.13. The van der Waals surface area contributed by atoms with Crippen molar-refractivity contribution in [3.63, 3.8) is 0 Å². The fourth-order valence-electron chi connectivity index (χ4n) is 2.59. The van der Waals surface area contributed by atoms with Crippen LogP contribution in [0.1, 0.15) is 58.8 Å². The van der Waals surface area contributed by atoms with Crippen LogP contribution in [-0.4, -0.2) is 30.9 Å². The zero-order valence-electron chi connectivity index (χ0n) is 12.4. The molecule has 0 spiro atoms. The van der Waals surface area contributed by atoms with Gasteiger partial charge in [0.2, 0.25) is 5.91 Å². The number of carbonyl (C=O) groups is 1. The van der Waals surface area contributed by atoms with Crippen molar-refractivity contribution >= 4 is 5.91 Å². The largest absolute Gasteiger partial charge is 0.346 e. The summed E-state index contributed by atoms with van der Waals surface area (Å²) in [5.41, 5.74) is 5.60.